The van der Waals surface area contributed by atoms with E-state index in [9.17, 15) is 0 Å². The van der Waals surface area contributed by atoms with Gasteiger partial charge in [-0.15, -0.1) is 0 Å². The zero-order valence-corrected chi connectivity index (χ0v) is 6.54. The van der Waals surface area contributed by atoms with Gasteiger partial charge in [0.05, 0.1) is 19.0 Å². The summed E-state index contributed by atoms with van der Waals surface area (Å²) in [6, 6.07) is 1.96. The molecule has 0 atom stereocenters. The highest BCUT2D eigenvalue weighted by molar-refractivity contribution is 5.91. The molecule has 0 aliphatic heterocycles. The lowest BCUT2D eigenvalue weighted by Crippen LogP contribution is -2.11. The van der Waals surface area contributed by atoms with Gasteiger partial charge in [-0.3, -0.25) is 4.99 Å². The van der Waals surface area contributed by atoms with E-state index in [-0.39, 0.29) is 0 Å². The van der Waals surface area contributed by atoms with Crippen molar-refractivity contribution in [1.82, 2.24) is 0 Å². The lowest BCUT2D eigenvalue weighted by Gasteiger charge is -1.92. The molecule has 0 unspecified atom stereocenters. The van der Waals surface area contributed by atoms with Gasteiger partial charge in [0.25, 0.3) is 0 Å². The van der Waals surface area contributed by atoms with Crippen molar-refractivity contribution in [3.05, 3.63) is 11.8 Å². The van der Waals surface area contributed by atoms with E-state index >= 15 is 0 Å². The maximum absolute atomic E-state index is 8.16. The van der Waals surface area contributed by atoms with Gasteiger partial charge in [0.2, 0.25) is 0 Å². The molecule has 11 heavy (non-hydrogen) atoms. The highest BCUT2D eigenvalue weighted by Gasteiger charge is 1.85. The van der Waals surface area contributed by atoms with Crippen molar-refractivity contribution < 1.29 is 0 Å². The van der Waals surface area contributed by atoms with Crippen molar-refractivity contribution >= 4 is 5.84 Å². The van der Waals surface area contributed by atoms with E-state index < -0.39 is 0 Å². The van der Waals surface area contributed by atoms with Crippen LogP contribution < -0.4 is 11.5 Å². The van der Waals surface area contributed by atoms with Gasteiger partial charge < -0.3 is 11.5 Å². The predicted molar refractivity (Wildman–Crippen MR) is 44.7 cm³/mol. The smallest absolute Gasteiger partial charge is 0.119 e. The molecule has 0 heterocycles. The maximum Gasteiger partial charge on any atom is 0.119 e. The van der Waals surface area contributed by atoms with Gasteiger partial charge in [-0.2, -0.15) is 5.26 Å². The Morgan fingerprint density at radius 2 is 2.27 bits per heavy atom. The zero-order valence-electron chi connectivity index (χ0n) is 6.54. The lowest BCUT2D eigenvalue weighted by molar-refractivity contribution is 1.01. The van der Waals surface area contributed by atoms with Crippen molar-refractivity contribution in [2.75, 3.05) is 6.54 Å². The first kappa shape index (κ1) is 9.50. The second kappa shape index (κ2) is 5.30. The Hall–Kier alpha value is -1.50. The second-order valence-electron chi connectivity index (χ2n) is 2.10. The van der Waals surface area contributed by atoms with Crippen LogP contribution in [0.25, 0.3) is 0 Å². The summed E-state index contributed by atoms with van der Waals surface area (Å²) in [6.07, 6.45) is 1.95. The Balaban J connectivity index is 3.84. The van der Waals surface area contributed by atoms with Crippen molar-refractivity contribution in [2.24, 2.45) is 16.5 Å². The molecular formula is C7H12N4. The van der Waals surface area contributed by atoms with Crippen LogP contribution in [0.3, 0.4) is 0 Å². The average molecular weight is 152 g/mol. The quantitative estimate of drug-likeness (QED) is 0.342. The standard InChI is InChI=1S/C7H12N4/c1-6(9)5-7(10)11-4-2-3-8/h5H,2,4,9H2,1H3,(H2,10,11). The van der Waals surface area contributed by atoms with Crippen LogP contribution in [0.4, 0.5) is 0 Å². The molecule has 0 spiro atoms. The minimum atomic E-state index is 0.375. The first-order valence-electron chi connectivity index (χ1n) is 3.27. The molecule has 60 valence electrons. The molecule has 0 saturated heterocycles. The molecule has 0 fully saturated rings. The molecule has 0 rings (SSSR count). The molecule has 0 amide bonds. The van der Waals surface area contributed by atoms with Gasteiger partial charge in [-0.1, -0.05) is 0 Å². The predicted octanol–water partition coefficient (Wildman–Crippen LogP) is 0.120. The summed E-state index contributed by atoms with van der Waals surface area (Å²) in [7, 11) is 0. The highest BCUT2D eigenvalue weighted by atomic mass is 14.8. The Kier molecular flexibility index (Phi) is 4.58. The van der Waals surface area contributed by atoms with Gasteiger partial charge in [0.1, 0.15) is 5.84 Å². The van der Waals surface area contributed by atoms with Gasteiger partial charge in [-0.25, -0.2) is 0 Å². The summed E-state index contributed by atoms with van der Waals surface area (Å²) in [5.41, 5.74) is 11.3. The second-order valence-corrected chi connectivity index (χ2v) is 2.10. The van der Waals surface area contributed by atoms with Crippen LogP contribution in [0.2, 0.25) is 0 Å². The lowest BCUT2D eigenvalue weighted by atomic mass is 10.4. The Labute approximate surface area is 66.2 Å². The van der Waals surface area contributed by atoms with E-state index in [1.807, 2.05) is 6.07 Å². The first-order valence-corrected chi connectivity index (χ1v) is 3.27. The number of allylic oxidation sites excluding steroid dienone is 1. The number of nitriles is 1. The molecule has 4 nitrogen and oxygen atoms in total. The number of aliphatic imine (C=N–C) groups is 1. The molecule has 0 aromatic carbocycles. The minimum Gasteiger partial charge on any atom is -0.402 e. The van der Waals surface area contributed by atoms with Crippen LogP contribution >= 0.6 is 0 Å². The number of amidine groups is 1. The Morgan fingerprint density at radius 3 is 2.73 bits per heavy atom. The van der Waals surface area contributed by atoms with E-state index in [1.165, 1.54) is 0 Å². The molecule has 0 saturated carbocycles. The van der Waals surface area contributed by atoms with E-state index in [0.717, 1.165) is 0 Å². The van der Waals surface area contributed by atoms with Gasteiger partial charge >= 0.3 is 0 Å². The third-order valence-corrected chi connectivity index (χ3v) is 0.894. The van der Waals surface area contributed by atoms with Crippen LogP contribution in [0, 0.1) is 11.3 Å². The molecule has 0 aliphatic rings. The SMILES string of the molecule is CC(N)=CC(N)=NCCC#N. The number of nitrogens with zero attached hydrogens (tertiary/aromatic N) is 2. The van der Waals surface area contributed by atoms with Crippen molar-refractivity contribution in [2.45, 2.75) is 13.3 Å². The molecular weight excluding hydrogens is 140 g/mol. The fourth-order valence-corrected chi connectivity index (χ4v) is 0.514. The number of hydrogen-bond donors (Lipinski definition) is 2. The normalized spacial score (nSPS) is 12.7. The third kappa shape index (κ3) is 6.38. The fraction of sp³-hybridized carbons (Fsp3) is 0.429. The van der Waals surface area contributed by atoms with E-state index in [0.29, 0.717) is 24.5 Å². The molecule has 0 aromatic rings. The summed E-state index contributed by atoms with van der Waals surface area (Å²) >= 11 is 0. The molecule has 0 aliphatic carbocycles. The van der Waals surface area contributed by atoms with Crippen LogP contribution in [-0.4, -0.2) is 12.4 Å². The number of rotatable bonds is 3. The van der Waals surface area contributed by atoms with Crippen LogP contribution in [0.5, 0.6) is 0 Å². The largest absolute Gasteiger partial charge is 0.402 e. The molecule has 4 N–H and O–H groups in total. The zero-order chi connectivity index (χ0) is 8.69. The molecule has 0 radical (unpaired) electrons. The van der Waals surface area contributed by atoms with E-state index in [2.05, 4.69) is 4.99 Å². The van der Waals surface area contributed by atoms with Crippen LogP contribution in [0.15, 0.2) is 16.8 Å². The number of hydrogen-bond acceptors (Lipinski definition) is 3. The third-order valence-electron chi connectivity index (χ3n) is 0.894. The molecule has 0 bridgehead atoms. The topological polar surface area (TPSA) is 88.2 Å². The Bertz CT molecular complexity index is 205. The first-order chi connectivity index (χ1) is 5.16. The average Bonchev–Trinajstić information content (AvgIpc) is 1.86. The summed E-state index contributed by atoms with van der Waals surface area (Å²) in [5.74, 6) is 0.375. The van der Waals surface area contributed by atoms with Crippen molar-refractivity contribution in [3.8, 4) is 6.07 Å². The summed E-state index contributed by atoms with van der Waals surface area (Å²) in [5, 5.41) is 8.16. The Morgan fingerprint density at radius 1 is 1.64 bits per heavy atom. The van der Waals surface area contributed by atoms with Gasteiger partial charge in [0, 0.05) is 5.70 Å². The molecule has 0 aromatic heterocycles. The van der Waals surface area contributed by atoms with Crippen LogP contribution in [0.1, 0.15) is 13.3 Å². The minimum absolute atomic E-state index is 0.375. The highest BCUT2D eigenvalue weighted by Crippen LogP contribution is 1.82. The maximum atomic E-state index is 8.16. The van der Waals surface area contributed by atoms with Gasteiger partial charge in [-0.05, 0) is 13.0 Å². The summed E-state index contributed by atoms with van der Waals surface area (Å²) in [6.45, 7) is 2.17. The number of nitrogens with two attached hydrogens (primary N) is 2. The monoisotopic (exact) mass is 152 g/mol. The summed E-state index contributed by atoms with van der Waals surface area (Å²) < 4.78 is 0. The van der Waals surface area contributed by atoms with Crippen molar-refractivity contribution in [1.29, 1.82) is 5.26 Å². The summed E-state index contributed by atoms with van der Waals surface area (Å²) in [4.78, 5) is 3.87. The van der Waals surface area contributed by atoms with Crippen molar-refractivity contribution in [3.63, 3.8) is 0 Å². The van der Waals surface area contributed by atoms with E-state index in [4.69, 9.17) is 16.7 Å². The van der Waals surface area contributed by atoms with E-state index in [1.54, 1.807) is 13.0 Å². The fourth-order valence-electron chi connectivity index (χ4n) is 0.514. The van der Waals surface area contributed by atoms with Crippen LogP contribution in [-0.2, 0) is 0 Å². The van der Waals surface area contributed by atoms with Gasteiger partial charge in [0.15, 0.2) is 0 Å². The molecule has 4 heteroatoms.